The Kier molecular flexibility index (Phi) is 9.38. The largest absolute Gasteiger partial charge is 0.325 e. The number of carbonyl (C=O) groups is 2. The van der Waals surface area contributed by atoms with E-state index >= 15 is 0 Å². The van der Waals surface area contributed by atoms with E-state index in [0.29, 0.717) is 50.9 Å². The number of carbonyl (C=O) groups excluding carboxylic acids is 2. The van der Waals surface area contributed by atoms with Gasteiger partial charge in [-0.05, 0) is 48.2 Å². The summed E-state index contributed by atoms with van der Waals surface area (Å²) in [5, 5.41) is 6.08. The van der Waals surface area contributed by atoms with Gasteiger partial charge in [-0.25, -0.2) is 39.9 Å². The highest BCUT2D eigenvalue weighted by atomic mass is 16.2. The van der Waals surface area contributed by atoms with E-state index < -0.39 is 0 Å². The SMILES string of the molecule is Cc1ccccc1C(=O)NC1=NC(=Nc2[nH]c(NC(=O)c3ccccc3C)c(-c3ncncn3)c2-c2ccccc2)C(c2ccccc2)=C1c1ncncn1. The minimum atomic E-state index is -0.361. The van der Waals surface area contributed by atoms with Crippen molar-refractivity contribution >= 4 is 46.3 Å². The third-order valence-electron chi connectivity index (χ3n) is 8.93. The van der Waals surface area contributed by atoms with Crippen molar-refractivity contribution in [3.05, 3.63) is 168 Å². The van der Waals surface area contributed by atoms with Gasteiger partial charge in [0.2, 0.25) is 0 Å². The van der Waals surface area contributed by atoms with Gasteiger partial charge in [-0.2, -0.15) is 0 Å². The van der Waals surface area contributed by atoms with Crippen LogP contribution in [0.4, 0.5) is 11.6 Å². The third kappa shape index (κ3) is 6.92. The normalized spacial score (nSPS) is 13.1. The van der Waals surface area contributed by atoms with E-state index in [9.17, 15) is 9.59 Å². The van der Waals surface area contributed by atoms with Crippen molar-refractivity contribution in [3.63, 3.8) is 0 Å². The molecule has 13 heteroatoms. The van der Waals surface area contributed by atoms with Crippen LogP contribution in [0.5, 0.6) is 0 Å². The summed E-state index contributed by atoms with van der Waals surface area (Å²) >= 11 is 0. The second-order valence-electron chi connectivity index (χ2n) is 12.4. The highest BCUT2D eigenvalue weighted by molar-refractivity contribution is 6.50. The summed E-state index contributed by atoms with van der Waals surface area (Å²) in [7, 11) is 0. The van der Waals surface area contributed by atoms with Gasteiger partial charge in [-0.3, -0.25) is 9.59 Å². The summed E-state index contributed by atoms with van der Waals surface area (Å²) in [4.78, 5) is 67.2. The van der Waals surface area contributed by atoms with Crippen LogP contribution in [0, 0.1) is 13.8 Å². The first-order valence-corrected chi connectivity index (χ1v) is 17.2. The molecule has 0 aliphatic carbocycles. The van der Waals surface area contributed by atoms with Crippen molar-refractivity contribution in [2.45, 2.75) is 13.8 Å². The Hall–Kier alpha value is -7.80. The van der Waals surface area contributed by atoms with E-state index in [1.54, 1.807) is 18.2 Å². The molecule has 8 rings (SSSR count). The van der Waals surface area contributed by atoms with E-state index in [2.05, 4.69) is 45.5 Å². The number of aryl methyl sites for hydroxylation is 2. The number of hydrogen-bond acceptors (Lipinski definition) is 9. The molecule has 0 unspecified atom stereocenters. The predicted molar refractivity (Wildman–Crippen MR) is 210 cm³/mol. The predicted octanol–water partition coefficient (Wildman–Crippen LogP) is 7.07. The van der Waals surface area contributed by atoms with Crippen LogP contribution in [0.15, 0.2) is 144 Å². The first-order chi connectivity index (χ1) is 27.0. The lowest BCUT2D eigenvalue weighted by atomic mass is 9.99. The molecule has 0 saturated heterocycles. The van der Waals surface area contributed by atoms with Crippen LogP contribution in [-0.2, 0) is 0 Å². The van der Waals surface area contributed by atoms with Gasteiger partial charge in [-0.1, -0.05) is 97.1 Å². The lowest BCUT2D eigenvalue weighted by Crippen LogP contribution is -2.31. The van der Waals surface area contributed by atoms with Gasteiger partial charge in [0.05, 0.1) is 11.1 Å². The fourth-order valence-electron chi connectivity index (χ4n) is 6.34. The van der Waals surface area contributed by atoms with Gasteiger partial charge in [-0.15, -0.1) is 0 Å². The maximum absolute atomic E-state index is 13.8. The van der Waals surface area contributed by atoms with Crippen molar-refractivity contribution in [1.29, 1.82) is 0 Å². The van der Waals surface area contributed by atoms with Gasteiger partial charge in [0.25, 0.3) is 11.8 Å². The number of nitrogens with zero attached hydrogens (tertiary/aromatic N) is 8. The molecule has 3 N–H and O–H groups in total. The topological polar surface area (TPSA) is 176 Å². The molecular weight excluding hydrogens is 691 g/mol. The number of anilines is 1. The molecule has 0 saturated carbocycles. The number of nitrogens with one attached hydrogen (secondary N) is 3. The number of hydrogen-bond donors (Lipinski definition) is 3. The van der Waals surface area contributed by atoms with Crippen LogP contribution >= 0.6 is 0 Å². The summed E-state index contributed by atoms with van der Waals surface area (Å²) in [6, 6.07) is 33.7. The monoisotopic (exact) mass is 721 g/mol. The maximum Gasteiger partial charge on any atom is 0.257 e. The van der Waals surface area contributed by atoms with Crippen LogP contribution in [0.3, 0.4) is 0 Å². The van der Waals surface area contributed by atoms with E-state index in [0.717, 1.165) is 22.3 Å². The molecule has 13 nitrogen and oxygen atoms in total. The Balaban J connectivity index is 1.38. The Bertz CT molecular complexity index is 2640. The fraction of sp³-hybridized carbons (Fsp3) is 0.0476. The lowest BCUT2D eigenvalue weighted by Gasteiger charge is -2.11. The molecule has 55 heavy (non-hydrogen) atoms. The number of rotatable bonds is 8. The van der Waals surface area contributed by atoms with Crippen LogP contribution in [-0.4, -0.2) is 58.4 Å². The molecule has 266 valence electrons. The third-order valence-corrected chi connectivity index (χ3v) is 8.93. The highest BCUT2D eigenvalue weighted by Crippen LogP contribution is 2.45. The minimum Gasteiger partial charge on any atom is -0.325 e. The maximum atomic E-state index is 13.8. The van der Waals surface area contributed by atoms with Crippen molar-refractivity contribution in [1.82, 2.24) is 40.2 Å². The van der Waals surface area contributed by atoms with Crippen molar-refractivity contribution in [3.8, 4) is 22.5 Å². The van der Waals surface area contributed by atoms with E-state index in [1.165, 1.54) is 25.3 Å². The average Bonchev–Trinajstić information content (AvgIpc) is 3.76. The zero-order valence-electron chi connectivity index (χ0n) is 29.6. The fourth-order valence-corrected chi connectivity index (χ4v) is 6.34. The molecule has 3 aromatic heterocycles. The first-order valence-electron chi connectivity index (χ1n) is 17.2. The second kappa shape index (κ2) is 15.0. The average molecular weight is 722 g/mol. The summed E-state index contributed by atoms with van der Waals surface area (Å²) in [5.41, 5.74) is 6.21. The molecule has 2 amide bonds. The number of amides is 2. The molecule has 1 aliphatic heterocycles. The zero-order valence-corrected chi connectivity index (χ0v) is 29.6. The minimum absolute atomic E-state index is 0.204. The molecule has 4 aromatic carbocycles. The van der Waals surface area contributed by atoms with Gasteiger partial charge >= 0.3 is 0 Å². The van der Waals surface area contributed by atoms with E-state index in [-0.39, 0.29) is 29.3 Å². The van der Waals surface area contributed by atoms with Gasteiger partial charge in [0.1, 0.15) is 42.8 Å². The summed E-state index contributed by atoms with van der Waals surface area (Å²) < 4.78 is 0. The van der Waals surface area contributed by atoms with Crippen LogP contribution in [0.1, 0.15) is 43.2 Å². The number of aromatic nitrogens is 7. The molecule has 0 atom stereocenters. The van der Waals surface area contributed by atoms with Gasteiger partial charge in [0.15, 0.2) is 17.5 Å². The summed E-state index contributed by atoms with van der Waals surface area (Å²) in [6.45, 7) is 3.74. The molecule has 1 aliphatic rings. The smallest absolute Gasteiger partial charge is 0.257 e. The summed E-state index contributed by atoms with van der Waals surface area (Å²) in [6.07, 6.45) is 5.56. The second-order valence-corrected chi connectivity index (χ2v) is 12.4. The zero-order chi connectivity index (χ0) is 37.7. The molecule has 0 fully saturated rings. The molecule has 0 bridgehead atoms. The number of amidine groups is 2. The Labute approximate surface area is 315 Å². The lowest BCUT2D eigenvalue weighted by molar-refractivity contribution is 0.0975. The molecule has 4 heterocycles. The van der Waals surface area contributed by atoms with Gasteiger partial charge < -0.3 is 15.6 Å². The molecule has 0 spiro atoms. The number of aliphatic imine (C=N–C) groups is 2. The van der Waals surface area contributed by atoms with Crippen molar-refractivity contribution in [2.75, 3.05) is 5.32 Å². The van der Waals surface area contributed by atoms with E-state index in [4.69, 9.17) is 9.98 Å². The van der Waals surface area contributed by atoms with Gasteiger partial charge in [0, 0.05) is 22.3 Å². The number of aromatic amines is 1. The quantitative estimate of drug-likeness (QED) is 0.149. The standard InChI is InChI=1S/C42H31N11O2/c1-25-13-9-11-19-29(25)41(54)52-39-33(35-45-21-43-22-46-35)31(27-15-5-3-6-16-27)37(50-39)49-38-32(28-17-7-4-8-18-28)34(36-47-23-44-24-48-36)40(51-38)53-42(55)30-20-12-10-14-26(30)2/h3-24,50H,1-2H3,(H,52,54)(H,49,51,53,55). The van der Waals surface area contributed by atoms with Crippen LogP contribution in [0.2, 0.25) is 0 Å². The Morgan fingerprint density at radius 3 is 1.65 bits per heavy atom. The van der Waals surface area contributed by atoms with Crippen molar-refractivity contribution < 1.29 is 9.59 Å². The van der Waals surface area contributed by atoms with E-state index in [1.807, 2.05) is 105 Å². The van der Waals surface area contributed by atoms with Crippen molar-refractivity contribution in [2.24, 2.45) is 9.98 Å². The summed E-state index contributed by atoms with van der Waals surface area (Å²) in [5.74, 6) is 1.01. The Morgan fingerprint density at radius 2 is 1.07 bits per heavy atom. The molecule has 7 aromatic rings. The van der Waals surface area contributed by atoms with Crippen LogP contribution in [0.25, 0.3) is 33.7 Å². The number of benzene rings is 4. The van der Waals surface area contributed by atoms with Crippen LogP contribution < -0.4 is 10.6 Å². The highest BCUT2D eigenvalue weighted by Gasteiger charge is 2.32. The molecular formula is C42H31N11O2. The first kappa shape index (κ1) is 34.3. The number of H-pyrrole nitrogens is 1. The Morgan fingerprint density at radius 1 is 0.564 bits per heavy atom. The molecule has 0 radical (unpaired) electrons.